The first-order valence-electron chi connectivity index (χ1n) is 22.3. The molecule has 0 spiro atoms. The number of sulfonamides is 2. The summed E-state index contributed by atoms with van der Waals surface area (Å²) < 4.78 is 104. The lowest BCUT2D eigenvalue weighted by Gasteiger charge is -2.25. The van der Waals surface area contributed by atoms with Crippen molar-refractivity contribution >= 4 is 37.8 Å². The molecule has 2 aliphatic rings. The van der Waals surface area contributed by atoms with Crippen LogP contribution in [0.5, 0.6) is 11.8 Å². The van der Waals surface area contributed by atoms with E-state index in [9.17, 15) is 45.1 Å². The number of rotatable bonds is 17. The summed E-state index contributed by atoms with van der Waals surface area (Å²) in [5.74, 6) is -4.32. The first kappa shape index (κ1) is 51.7. The number of benzene rings is 2. The number of nitrogens with zero attached hydrogens (tertiary/aromatic N) is 6. The van der Waals surface area contributed by atoms with Crippen molar-refractivity contribution in [1.82, 2.24) is 39.0 Å². The fraction of sp³-hybridized carbons (Fsp3) is 0.354. The third-order valence-electron chi connectivity index (χ3n) is 11.5. The molecular weight excluding hydrogens is 967 g/mol. The van der Waals surface area contributed by atoms with Crippen LogP contribution in [0.1, 0.15) is 119 Å². The number of carbonyl (C=O) groups is 3. The van der Waals surface area contributed by atoms with Gasteiger partial charge in [-0.15, -0.1) is 0 Å². The van der Waals surface area contributed by atoms with Crippen molar-refractivity contribution in [2.24, 2.45) is 0 Å². The predicted octanol–water partition coefficient (Wildman–Crippen LogP) is 6.75. The van der Waals surface area contributed by atoms with Crippen LogP contribution >= 0.6 is 0 Å². The molecule has 2 aromatic carbocycles. The maximum Gasteiger partial charge on any atom is 0.303 e. The van der Waals surface area contributed by atoms with Crippen LogP contribution in [-0.4, -0.2) is 83.5 Å². The Morgan fingerprint density at radius 2 is 1.10 bits per heavy atom. The highest BCUT2D eigenvalue weighted by atomic mass is 32.2. The Kier molecular flexibility index (Phi) is 15.4. The zero-order valence-corrected chi connectivity index (χ0v) is 41.3. The minimum atomic E-state index is -4.34. The number of aromatic nitrogens is 6. The molecule has 3 N–H and O–H groups in total. The summed E-state index contributed by atoms with van der Waals surface area (Å²) in [6, 6.07) is 11.4. The molecule has 23 heteroatoms. The van der Waals surface area contributed by atoms with Gasteiger partial charge in [0.25, 0.3) is 31.9 Å². The molecule has 6 aromatic rings. The summed E-state index contributed by atoms with van der Waals surface area (Å²) >= 11 is 0. The van der Waals surface area contributed by atoms with Gasteiger partial charge in [-0.1, -0.05) is 27.7 Å². The summed E-state index contributed by atoms with van der Waals surface area (Å²) in [6.45, 7) is 8.22. The van der Waals surface area contributed by atoms with Gasteiger partial charge in [0.15, 0.2) is 6.10 Å². The van der Waals surface area contributed by atoms with Crippen LogP contribution in [0.4, 0.5) is 8.78 Å². The largest absolute Gasteiger partial charge is 0.481 e. The number of aliphatic hydroxyl groups is 1. The van der Waals surface area contributed by atoms with Gasteiger partial charge in [-0.2, -0.15) is 10.2 Å². The molecule has 0 radical (unpaired) electrons. The number of ether oxygens (including phenoxy) is 3. The van der Waals surface area contributed by atoms with E-state index in [1.165, 1.54) is 80.1 Å². The van der Waals surface area contributed by atoms with Crippen molar-refractivity contribution in [3.05, 3.63) is 120 Å². The fourth-order valence-corrected chi connectivity index (χ4v) is 9.56. The number of carbonyl (C=O) groups excluding carboxylic acids is 3. The summed E-state index contributed by atoms with van der Waals surface area (Å²) in [4.78, 5) is 46.2. The van der Waals surface area contributed by atoms with Crippen molar-refractivity contribution in [1.29, 1.82) is 0 Å². The lowest BCUT2D eigenvalue weighted by molar-refractivity contribution is -0.153. The summed E-state index contributed by atoms with van der Waals surface area (Å²) in [5.41, 5.74) is 2.33. The van der Waals surface area contributed by atoms with Gasteiger partial charge in [-0.05, 0) is 107 Å². The van der Waals surface area contributed by atoms with E-state index in [2.05, 4.69) is 20.2 Å². The number of methoxy groups -OCH3 is 2. The Bertz CT molecular complexity index is 3210. The van der Waals surface area contributed by atoms with E-state index in [1.807, 2.05) is 9.44 Å². The van der Waals surface area contributed by atoms with Crippen molar-refractivity contribution in [3.8, 4) is 34.0 Å². The summed E-state index contributed by atoms with van der Waals surface area (Å²) in [5, 5.41) is 19.1. The number of halogens is 2. The highest BCUT2D eigenvalue weighted by Crippen LogP contribution is 2.40. The second-order valence-corrected chi connectivity index (χ2v) is 20.9. The highest BCUT2D eigenvalue weighted by molar-refractivity contribution is 7.90. The number of nitrogens with one attached hydrogen (secondary N) is 2. The van der Waals surface area contributed by atoms with E-state index in [4.69, 9.17) is 14.2 Å². The normalized spacial score (nSPS) is 14.5. The molecule has 4 heterocycles. The summed E-state index contributed by atoms with van der Waals surface area (Å²) in [6.07, 6.45) is 7.94. The Morgan fingerprint density at radius 1 is 0.676 bits per heavy atom. The molecule has 376 valence electrons. The average Bonchev–Trinajstić information content (AvgIpc) is 4.26. The second-order valence-electron chi connectivity index (χ2n) is 17.5. The molecule has 2 fully saturated rings. The van der Waals surface area contributed by atoms with E-state index < -0.39 is 61.7 Å². The molecule has 2 unspecified atom stereocenters. The van der Waals surface area contributed by atoms with E-state index in [1.54, 1.807) is 44.5 Å². The molecule has 2 saturated carbocycles. The Morgan fingerprint density at radius 3 is 1.51 bits per heavy atom. The minimum Gasteiger partial charge on any atom is -0.481 e. The highest BCUT2D eigenvalue weighted by Gasteiger charge is 2.36. The number of esters is 1. The van der Waals surface area contributed by atoms with Gasteiger partial charge in [-0.25, -0.2) is 45.0 Å². The zero-order chi connectivity index (χ0) is 51.5. The van der Waals surface area contributed by atoms with Crippen molar-refractivity contribution < 1.29 is 59.3 Å². The molecule has 4 aromatic heterocycles. The van der Waals surface area contributed by atoms with Crippen molar-refractivity contribution in [2.45, 2.75) is 106 Å². The number of hydrogen-bond acceptors (Lipinski definition) is 15. The van der Waals surface area contributed by atoms with Gasteiger partial charge in [0.2, 0.25) is 17.9 Å². The molecule has 2 aliphatic carbocycles. The lowest BCUT2D eigenvalue weighted by Crippen LogP contribution is -2.37. The van der Waals surface area contributed by atoms with Crippen LogP contribution in [0.2, 0.25) is 0 Å². The van der Waals surface area contributed by atoms with Crippen LogP contribution in [0.15, 0.2) is 95.5 Å². The first-order valence-corrected chi connectivity index (χ1v) is 25.3. The molecule has 0 bridgehead atoms. The van der Waals surface area contributed by atoms with Crippen LogP contribution in [0.3, 0.4) is 0 Å². The zero-order valence-electron chi connectivity index (χ0n) is 39.7. The summed E-state index contributed by atoms with van der Waals surface area (Å²) in [7, 11) is -5.77. The molecule has 0 saturated heterocycles. The number of amides is 2. The molecule has 71 heavy (non-hydrogen) atoms. The predicted molar refractivity (Wildman–Crippen MR) is 252 cm³/mol. The van der Waals surface area contributed by atoms with E-state index in [0.29, 0.717) is 22.3 Å². The van der Waals surface area contributed by atoms with E-state index in [-0.39, 0.29) is 67.7 Å². The van der Waals surface area contributed by atoms with Gasteiger partial charge >= 0.3 is 5.97 Å². The van der Waals surface area contributed by atoms with Gasteiger partial charge in [-0.3, -0.25) is 23.7 Å². The second kappa shape index (κ2) is 21.1. The van der Waals surface area contributed by atoms with Crippen LogP contribution in [0, 0.1) is 11.6 Å². The lowest BCUT2D eigenvalue weighted by atomic mass is 9.87. The standard InChI is InChI=1S/C25H27FN4O6S.C23H25FN4O5S/c1-14(2)20-10-17(26)11-21(16-7-8-27-22(9-16)35-4)23(20)24(36-15(3)31)25(32)29-37(33,34)19-12-28-30(13-19)18-5-6-18;1-13(2)18-9-15(24)10-19(14-6-7-25-20(8-14)33-3)21(18)22(29)23(30)27-34(31,32)17-11-26-28(12-17)16-4-5-16/h7-14,18,24H,5-6H2,1-4H3,(H,29,32);6-13,16,22,29H,4-5H2,1-3H3,(H,27,30). The smallest absolute Gasteiger partial charge is 0.303 e. The van der Waals surface area contributed by atoms with Gasteiger partial charge in [0.1, 0.15) is 21.4 Å². The molecule has 0 aliphatic heterocycles. The Labute approximate surface area is 408 Å². The Balaban J connectivity index is 0.000000209. The van der Waals surface area contributed by atoms with Crippen molar-refractivity contribution in [2.75, 3.05) is 14.2 Å². The van der Waals surface area contributed by atoms with E-state index in [0.717, 1.165) is 45.0 Å². The molecule has 19 nitrogen and oxygen atoms in total. The third kappa shape index (κ3) is 12.1. The number of hydrogen-bond donors (Lipinski definition) is 3. The average molecular weight is 1020 g/mol. The quantitative estimate of drug-likeness (QED) is 0.0799. The number of aliphatic hydroxyl groups excluding tert-OH is 1. The van der Waals surface area contributed by atoms with Gasteiger partial charge in [0, 0.05) is 55.0 Å². The SMILES string of the molecule is COc1cc(-c2cc(F)cc(C(C)C)c2C(O)C(=O)NS(=O)(=O)c2cnn(C3CC3)c2)ccn1.COc1cc(-c2cc(F)cc(C(C)C)c2C(OC(C)=O)C(=O)NS(=O)(=O)c2cnn(C3CC3)c2)ccn1. The van der Waals surface area contributed by atoms with E-state index >= 15 is 0 Å². The molecule has 8 rings (SSSR count). The van der Waals surface area contributed by atoms with Crippen molar-refractivity contribution in [3.63, 3.8) is 0 Å². The molecular formula is C48H52F2N8O11S2. The van der Waals surface area contributed by atoms with Crippen LogP contribution in [0.25, 0.3) is 22.3 Å². The van der Waals surface area contributed by atoms with Crippen LogP contribution < -0.4 is 18.9 Å². The number of pyridine rings is 2. The fourth-order valence-electron chi connectivity index (χ4n) is 7.72. The topological polar surface area (TPSA) is 253 Å². The van der Waals surface area contributed by atoms with Gasteiger partial charge < -0.3 is 19.3 Å². The Hall–Kier alpha value is -7.11. The molecule has 2 atom stereocenters. The van der Waals surface area contributed by atoms with Crippen LogP contribution in [-0.2, 0) is 39.2 Å². The minimum absolute atomic E-state index is 0.103. The monoisotopic (exact) mass is 1020 g/mol. The third-order valence-corrected chi connectivity index (χ3v) is 14.1. The van der Waals surface area contributed by atoms with Gasteiger partial charge in [0.05, 0.1) is 38.7 Å². The maximum absolute atomic E-state index is 14.8. The first-order chi connectivity index (χ1) is 33.6. The maximum atomic E-state index is 14.8. The molecule has 2 amide bonds.